The van der Waals surface area contributed by atoms with Crippen LogP contribution >= 0.6 is 0 Å². The lowest BCUT2D eigenvalue weighted by Gasteiger charge is -2.11. The molecule has 0 fully saturated rings. The third-order valence-electron chi connectivity index (χ3n) is 1.24. The predicted octanol–water partition coefficient (Wildman–Crippen LogP) is 0.0595. The highest BCUT2D eigenvalue weighted by Crippen LogP contribution is 1.87. The van der Waals surface area contributed by atoms with E-state index >= 15 is 0 Å². The van der Waals surface area contributed by atoms with Gasteiger partial charge in [-0.15, -0.1) is 0 Å². The molecule has 3 nitrogen and oxygen atoms in total. The Morgan fingerprint density at radius 2 is 2.50 bits per heavy atom. The lowest BCUT2D eigenvalue weighted by Crippen LogP contribution is -2.35. The summed E-state index contributed by atoms with van der Waals surface area (Å²) in [6, 6.07) is -0.134. The van der Waals surface area contributed by atoms with Crippen LogP contribution in [0, 0.1) is 0 Å². The van der Waals surface area contributed by atoms with Gasteiger partial charge in [-0.1, -0.05) is 13.5 Å². The Balaban J connectivity index is 3.62. The van der Waals surface area contributed by atoms with Crippen LogP contribution in [0.25, 0.3) is 0 Å². The summed E-state index contributed by atoms with van der Waals surface area (Å²) in [5.74, 6) is -0.235. The standard InChI is InChI=1S/C7H13NO2/c1-3-6(5-9)8-7(10)4-2/h4,6,9H,2-3,5H2,1H3,(H,8,10)/t6-/m0/s1. The average Bonchev–Trinajstić information content (AvgIpc) is 1.99. The Labute approximate surface area is 60.7 Å². The fourth-order valence-electron chi connectivity index (χ4n) is 0.537. The Morgan fingerprint density at radius 1 is 1.90 bits per heavy atom. The van der Waals surface area contributed by atoms with Gasteiger partial charge in [0, 0.05) is 0 Å². The van der Waals surface area contributed by atoms with Crippen molar-refractivity contribution in [2.45, 2.75) is 19.4 Å². The molecule has 2 N–H and O–H groups in total. The average molecular weight is 143 g/mol. The number of nitrogens with one attached hydrogen (secondary N) is 1. The number of rotatable bonds is 4. The summed E-state index contributed by atoms with van der Waals surface area (Å²) >= 11 is 0. The van der Waals surface area contributed by atoms with E-state index in [0.29, 0.717) is 0 Å². The Hall–Kier alpha value is -0.830. The van der Waals surface area contributed by atoms with E-state index in [1.54, 1.807) is 0 Å². The lowest BCUT2D eigenvalue weighted by molar-refractivity contribution is -0.117. The maximum absolute atomic E-state index is 10.6. The number of amides is 1. The van der Waals surface area contributed by atoms with Crippen LogP contribution in [0.5, 0.6) is 0 Å². The van der Waals surface area contributed by atoms with Gasteiger partial charge in [0.1, 0.15) is 0 Å². The Kier molecular flexibility index (Phi) is 4.58. The summed E-state index contributed by atoms with van der Waals surface area (Å²) in [7, 11) is 0. The zero-order chi connectivity index (χ0) is 7.98. The van der Waals surface area contributed by atoms with Crippen LogP contribution in [0.4, 0.5) is 0 Å². The summed E-state index contributed by atoms with van der Waals surface area (Å²) in [5, 5.41) is 11.2. The van der Waals surface area contributed by atoms with Crippen molar-refractivity contribution in [1.29, 1.82) is 0 Å². The molecular formula is C7H13NO2. The van der Waals surface area contributed by atoms with Gasteiger partial charge in [-0.05, 0) is 12.5 Å². The summed E-state index contributed by atoms with van der Waals surface area (Å²) in [4.78, 5) is 10.6. The highest BCUT2D eigenvalue weighted by Gasteiger charge is 2.04. The van der Waals surface area contributed by atoms with Crippen molar-refractivity contribution in [2.75, 3.05) is 6.61 Å². The molecule has 0 aromatic heterocycles. The SMILES string of the molecule is C=CC(=O)N[C@@H](CC)CO. The molecule has 0 aliphatic rings. The van der Waals surface area contributed by atoms with Crippen LogP contribution < -0.4 is 5.32 Å². The molecular weight excluding hydrogens is 130 g/mol. The van der Waals surface area contributed by atoms with Crippen LogP contribution in [-0.2, 0) is 4.79 Å². The molecule has 0 aliphatic heterocycles. The van der Waals surface area contributed by atoms with Crippen molar-refractivity contribution in [3.8, 4) is 0 Å². The molecule has 0 aliphatic carbocycles. The minimum Gasteiger partial charge on any atom is -0.394 e. The molecule has 10 heavy (non-hydrogen) atoms. The van der Waals surface area contributed by atoms with E-state index in [9.17, 15) is 4.79 Å². The Morgan fingerprint density at radius 3 is 2.80 bits per heavy atom. The first-order chi connectivity index (χ1) is 4.74. The van der Waals surface area contributed by atoms with E-state index in [0.717, 1.165) is 6.42 Å². The second-order valence-corrected chi connectivity index (χ2v) is 2.00. The molecule has 0 bridgehead atoms. The first-order valence-corrected chi connectivity index (χ1v) is 3.28. The van der Waals surface area contributed by atoms with Gasteiger partial charge in [-0.25, -0.2) is 0 Å². The zero-order valence-corrected chi connectivity index (χ0v) is 6.13. The summed E-state index contributed by atoms with van der Waals surface area (Å²) in [6.45, 7) is 5.16. The summed E-state index contributed by atoms with van der Waals surface area (Å²) < 4.78 is 0. The highest BCUT2D eigenvalue weighted by atomic mass is 16.3. The monoisotopic (exact) mass is 143 g/mol. The smallest absolute Gasteiger partial charge is 0.243 e. The molecule has 0 spiro atoms. The van der Waals surface area contributed by atoms with Gasteiger partial charge in [-0.2, -0.15) is 0 Å². The number of aliphatic hydroxyl groups excluding tert-OH is 1. The second kappa shape index (κ2) is 4.99. The number of carbonyl (C=O) groups is 1. The van der Waals surface area contributed by atoms with Crippen molar-refractivity contribution in [3.05, 3.63) is 12.7 Å². The van der Waals surface area contributed by atoms with Crippen LogP contribution in [0.15, 0.2) is 12.7 Å². The van der Waals surface area contributed by atoms with Crippen LogP contribution in [-0.4, -0.2) is 23.7 Å². The van der Waals surface area contributed by atoms with E-state index in [-0.39, 0.29) is 18.6 Å². The molecule has 0 unspecified atom stereocenters. The van der Waals surface area contributed by atoms with Gasteiger partial charge in [0.15, 0.2) is 0 Å². The number of carbonyl (C=O) groups excluding carboxylic acids is 1. The second-order valence-electron chi connectivity index (χ2n) is 2.00. The number of hydrogen-bond acceptors (Lipinski definition) is 2. The molecule has 0 saturated carbocycles. The van der Waals surface area contributed by atoms with Crippen molar-refractivity contribution in [1.82, 2.24) is 5.32 Å². The van der Waals surface area contributed by atoms with Crippen molar-refractivity contribution in [2.24, 2.45) is 0 Å². The van der Waals surface area contributed by atoms with Crippen molar-refractivity contribution < 1.29 is 9.90 Å². The first kappa shape index (κ1) is 9.17. The molecule has 0 radical (unpaired) electrons. The normalized spacial score (nSPS) is 12.2. The van der Waals surface area contributed by atoms with Gasteiger partial charge in [0.25, 0.3) is 0 Å². The minimum absolute atomic E-state index is 0.0178. The van der Waals surface area contributed by atoms with Crippen LogP contribution in [0.1, 0.15) is 13.3 Å². The molecule has 1 amide bonds. The van der Waals surface area contributed by atoms with Crippen LogP contribution in [0.2, 0.25) is 0 Å². The molecule has 0 aromatic carbocycles. The van der Waals surface area contributed by atoms with Crippen molar-refractivity contribution in [3.63, 3.8) is 0 Å². The highest BCUT2D eigenvalue weighted by molar-refractivity contribution is 5.87. The van der Waals surface area contributed by atoms with Gasteiger partial charge >= 0.3 is 0 Å². The largest absolute Gasteiger partial charge is 0.394 e. The lowest BCUT2D eigenvalue weighted by atomic mass is 10.2. The quantitative estimate of drug-likeness (QED) is 0.547. The van der Waals surface area contributed by atoms with Crippen LogP contribution in [0.3, 0.4) is 0 Å². The van der Waals surface area contributed by atoms with E-state index in [4.69, 9.17) is 5.11 Å². The van der Waals surface area contributed by atoms with Gasteiger partial charge in [0.05, 0.1) is 12.6 Å². The van der Waals surface area contributed by atoms with Gasteiger partial charge in [-0.3, -0.25) is 4.79 Å². The number of hydrogen-bond donors (Lipinski definition) is 2. The van der Waals surface area contributed by atoms with E-state index in [2.05, 4.69) is 11.9 Å². The fraction of sp³-hybridized carbons (Fsp3) is 0.571. The summed E-state index contributed by atoms with van der Waals surface area (Å²) in [5.41, 5.74) is 0. The molecule has 3 heteroatoms. The van der Waals surface area contributed by atoms with E-state index < -0.39 is 0 Å². The maximum atomic E-state index is 10.6. The fourth-order valence-corrected chi connectivity index (χ4v) is 0.537. The topological polar surface area (TPSA) is 49.3 Å². The van der Waals surface area contributed by atoms with E-state index in [1.165, 1.54) is 6.08 Å². The molecule has 0 saturated heterocycles. The van der Waals surface area contributed by atoms with Gasteiger partial charge in [0.2, 0.25) is 5.91 Å². The first-order valence-electron chi connectivity index (χ1n) is 3.28. The van der Waals surface area contributed by atoms with Gasteiger partial charge < -0.3 is 10.4 Å². The molecule has 0 heterocycles. The molecule has 0 rings (SSSR count). The predicted molar refractivity (Wildman–Crippen MR) is 39.5 cm³/mol. The minimum atomic E-state index is -0.235. The van der Waals surface area contributed by atoms with Crippen molar-refractivity contribution >= 4 is 5.91 Å². The molecule has 1 atom stereocenters. The molecule has 0 aromatic rings. The van der Waals surface area contributed by atoms with E-state index in [1.807, 2.05) is 6.92 Å². The third kappa shape index (κ3) is 3.25. The summed E-state index contributed by atoms with van der Waals surface area (Å²) in [6.07, 6.45) is 1.92. The Bertz CT molecular complexity index is 119. The zero-order valence-electron chi connectivity index (χ0n) is 6.13. The molecule has 58 valence electrons. The third-order valence-corrected chi connectivity index (χ3v) is 1.24. The number of aliphatic hydroxyl groups is 1. The maximum Gasteiger partial charge on any atom is 0.243 e.